The number of halogens is 3. The number of nitrogens with zero attached hydrogens (tertiary/aromatic N) is 3. The lowest BCUT2D eigenvalue weighted by Gasteiger charge is -2.11. The Kier molecular flexibility index (Phi) is 7.85. The van der Waals surface area contributed by atoms with Gasteiger partial charge in [0.2, 0.25) is 5.90 Å². The van der Waals surface area contributed by atoms with E-state index in [1.54, 1.807) is 24.3 Å². The van der Waals surface area contributed by atoms with Gasteiger partial charge in [-0.15, -0.1) is 0 Å². The van der Waals surface area contributed by atoms with Gasteiger partial charge in [0.05, 0.1) is 17.0 Å². The van der Waals surface area contributed by atoms with Gasteiger partial charge in [-0.2, -0.15) is 0 Å². The molecule has 182 valence electrons. The molecule has 0 radical (unpaired) electrons. The standard InChI is InChI=1S/C23H12ClI2N3O7/c24-16-5-4-14(10-20(16)29(33)34)22-27-19(23(30)36-22)9-13-7-17(25)21(18(26)8-13)35-11-12-2-1-3-15(6-12)28(31)32/h1-10H,11H2/b19-9-. The molecular weight excluding hydrogens is 720 g/mol. The summed E-state index contributed by atoms with van der Waals surface area (Å²) < 4.78 is 12.6. The van der Waals surface area contributed by atoms with E-state index in [1.165, 1.54) is 36.4 Å². The van der Waals surface area contributed by atoms with Crippen molar-refractivity contribution in [3.05, 3.63) is 109 Å². The summed E-state index contributed by atoms with van der Waals surface area (Å²) in [5, 5.41) is 22.1. The third kappa shape index (κ3) is 5.82. The zero-order valence-corrected chi connectivity index (χ0v) is 22.9. The lowest BCUT2D eigenvalue weighted by atomic mass is 10.2. The zero-order chi connectivity index (χ0) is 26.0. The number of rotatable bonds is 7. The molecule has 0 spiro atoms. The third-order valence-electron chi connectivity index (χ3n) is 4.84. The van der Waals surface area contributed by atoms with Crippen LogP contribution in [0.4, 0.5) is 11.4 Å². The fraction of sp³-hybridized carbons (Fsp3) is 0.0435. The molecule has 0 atom stereocenters. The Morgan fingerprint density at radius 3 is 2.42 bits per heavy atom. The van der Waals surface area contributed by atoms with E-state index >= 15 is 0 Å². The molecule has 3 aromatic carbocycles. The minimum absolute atomic E-state index is 0.0148. The molecule has 0 saturated carbocycles. The second-order valence-electron chi connectivity index (χ2n) is 7.29. The van der Waals surface area contributed by atoms with Crippen molar-refractivity contribution in [2.45, 2.75) is 6.61 Å². The largest absolute Gasteiger partial charge is 0.487 e. The van der Waals surface area contributed by atoms with E-state index in [-0.39, 0.29) is 40.2 Å². The van der Waals surface area contributed by atoms with Crippen molar-refractivity contribution in [1.29, 1.82) is 0 Å². The van der Waals surface area contributed by atoms with E-state index in [2.05, 4.69) is 50.2 Å². The van der Waals surface area contributed by atoms with Gasteiger partial charge in [-0.1, -0.05) is 23.7 Å². The first kappa shape index (κ1) is 26.0. The smallest absolute Gasteiger partial charge is 0.363 e. The maximum atomic E-state index is 12.4. The average molecular weight is 732 g/mol. The van der Waals surface area contributed by atoms with Crippen LogP contribution in [0.1, 0.15) is 16.7 Å². The van der Waals surface area contributed by atoms with Crippen molar-refractivity contribution in [1.82, 2.24) is 0 Å². The highest BCUT2D eigenvalue weighted by Crippen LogP contribution is 2.32. The molecule has 0 aliphatic carbocycles. The van der Waals surface area contributed by atoms with Gasteiger partial charge in [0.1, 0.15) is 17.4 Å². The molecule has 3 aromatic rings. The second-order valence-corrected chi connectivity index (χ2v) is 10.0. The lowest BCUT2D eigenvalue weighted by Crippen LogP contribution is -2.06. The number of esters is 1. The maximum Gasteiger partial charge on any atom is 0.363 e. The van der Waals surface area contributed by atoms with Crippen LogP contribution in [0.2, 0.25) is 5.02 Å². The summed E-state index contributed by atoms with van der Waals surface area (Å²) in [4.78, 5) is 37.6. The predicted octanol–water partition coefficient (Wildman–Crippen LogP) is 6.29. The minimum Gasteiger partial charge on any atom is -0.487 e. The number of hydrogen-bond acceptors (Lipinski definition) is 8. The Morgan fingerprint density at radius 1 is 1.03 bits per heavy atom. The number of nitro benzene ring substituents is 2. The van der Waals surface area contributed by atoms with E-state index in [0.29, 0.717) is 16.9 Å². The monoisotopic (exact) mass is 731 g/mol. The number of non-ortho nitro benzene ring substituents is 1. The number of carbonyl (C=O) groups is 1. The summed E-state index contributed by atoms with van der Waals surface area (Å²) in [7, 11) is 0. The van der Waals surface area contributed by atoms with Crippen LogP contribution in [0, 0.1) is 27.4 Å². The summed E-state index contributed by atoms with van der Waals surface area (Å²) in [5.41, 5.74) is 1.25. The first-order chi connectivity index (χ1) is 17.1. The van der Waals surface area contributed by atoms with Crippen molar-refractivity contribution in [2.75, 3.05) is 0 Å². The van der Waals surface area contributed by atoms with E-state index < -0.39 is 15.8 Å². The number of aliphatic imine (C=N–C) groups is 1. The van der Waals surface area contributed by atoms with Crippen LogP contribution in [0.15, 0.2) is 65.3 Å². The van der Waals surface area contributed by atoms with Crippen LogP contribution < -0.4 is 4.74 Å². The molecule has 36 heavy (non-hydrogen) atoms. The molecule has 4 rings (SSSR count). The van der Waals surface area contributed by atoms with Crippen LogP contribution in [-0.4, -0.2) is 21.7 Å². The Hall–Kier alpha value is -3.11. The highest BCUT2D eigenvalue weighted by Gasteiger charge is 2.26. The maximum absolute atomic E-state index is 12.4. The van der Waals surface area contributed by atoms with Gasteiger partial charge in [0.15, 0.2) is 5.70 Å². The Labute approximate surface area is 235 Å². The van der Waals surface area contributed by atoms with Crippen molar-refractivity contribution in [2.24, 2.45) is 4.99 Å². The molecule has 0 unspecified atom stereocenters. The van der Waals surface area contributed by atoms with Gasteiger partial charge in [-0.05, 0) is 86.7 Å². The topological polar surface area (TPSA) is 134 Å². The number of benzene rings is 3. The molecular formula is C23H12ClI2N3O7. The zero-order valence-electron chi connectivity index (χ0n) is 17.8. The SMILES string of the molecule is O=C1OC(c2ccc(Cl)c([N+](=O)[O-])c2)=N/C1=C\c1cc(I)c(OCc2cccc([N+](=O)[O-])c2)c(I)c1. The van der Waals surface area contributed by atoms with Crippen molar-refractivity contribution >= 4 is 86.1 Å². The number of hydrogen-bond donors (Lipinski definition) is 0. The van der Waals surface area contributed by atoms with Gasteiger partial charge < -0.3 is 9.47 Å². The molecule has 0 bridgehead atoms. The fourth-order valence-corrected chi connectivity index (χ4v) is 5.51. The first-order valence-corrected chi connectivity index (χ1v) is 12.5. The molecule has 13 heteroatoms. The normalized spacial score (nSPS) is 13.9. The van der Waals surface area contributed by atoms with Crippen LogP contribution in [-0.2, 0) is 16.1 Å². The highest BCUT2D eigenvalue weighted by atomic mass is 127. The minimum atomic E-state index is -0.696. The average Bonchev–Trinajstić information content (AvgIpc) is 3.18. The predicted molar refractivity (Wildman–Crippen MR) is 148 cm³/mol. The van der Waals surface area contributed by atoms with E-state index in [9.17, 15) is 25.0 Å². The summed E-state index contributed by atoms with van der Waals surface area (Å²) in [6.45, 7) is 0.140. The van der Waals surface area contributed by atoms with Crippen LogP contribution in [0.25, 0.3) is 6.08 Å². The molecule has 0 N–H and O–H groups in total. The van der Waals surface area contributed by atoms with Crippen molar-refractivity contribution in [3.8, 4) is 5.75 Å². The Bertz CT molecular complexity index is 1470. The van der Waals surface area contributed by atoms with Crippen molar-refractivity contribution in [3.63, 3.8) is 0 Å². The quantitative estimate of drug-likeness (QED) is 0.0917. The number of nitro groups is 2. The molecule has 10 nitrogen and oxygen atoms in total. The second kappa shape index (κ2) is 10.9. The van der Waals surface area contributed by atoms with Gasteiger partial charge in [0.25, 0.3) is 11.4 Å². The van der Waals surface area contributed by atoms with Crippen molar-refractivity contribution < 1.29 is 24.1 Å². The molecule has 1 aliphatic heterocycles. The molecule has 0 fully saturated rings. The van der Waals surface area contributed by atoms with E-state index in [0.717, 1.165) is 7.14 Å². The molecule has 1 heterocycles. The van der Waals surface area contributed by atoms with Gasteiger partial charge in [-0.3, -0.25) is 20.2 Å². The summed E-state index contributed by atoms with van der Waals surface area (Å²) in [6.07, 6.45) is 1.54. The fourth-order valence-electron chi connectivity index (χ4n) is 3.19. The molecule has 0 amide bonds. The Morgan fingerprint density at radius 2 is 1.75 bits per heavy atom. The van der Waals surface area contributed by atoms with E-state index in [1.807, 2.05) is 0 Å². The molecule has 0 saturated heterocycles. The molecule has 0 aromatic heterocycles. The van der Waals surface area contributed by atoms with Crippen LogP contribution in [0.5, 0.6) is 5.75 Å². The van der Waals surface area contributed by atoms with E-state index in [4.69, 9.17) is 21.1 Å². The number of ether oxygens (including phenoxy) is 2. The van der Waals surface area contributed by atoms with Gasteiger partial charge in [-0.25, -0.2) is 9.79 Å². The molecule has 1 aliphatic rings. The van der Waals surface area contributed by atoms with Gasteiger partial charge >= 0.3 is 5.97 Å². The number of cyclic esters (lactones) is 1. The highest BCUT2D eigenvalue weighted by molar-refractivity contribution is 14.1. The summed E-state index contributed by atoms with van der Waals surface area (Å²) in [6, 6.07) is 13.8. The summed E-state index contributed by atoms with van der Waals surface area (Å²) >= 11 is 10.0. The lowest BCUT2D eigenvalue weighted by molar-refractivity contribution is -0.385. The van der Waals surface area contributed by atoms with Crippen LogP contribution in [0.3, 0.4) is 0 Å². The first-order valence-electron chi connectivity index (χ1n) is 9.94. The number of carbonyl (C=O) groups excluding carboxylic acids is 1. The van der Waals surface area contributed by atoms with Crippen LogP contribution >= 0.6 is 56.8 Å². The third-order valence-corrected chi connectivity index (χ3v) is 6.76. The summed E-state index contributed by atoms with van der Waals surface area (Å²) in [5.74, 6) is -0.164. The van der Waals surface area contributed by atoms with Gasteiger partial charge in [0, 0.05) is 23.8 Å². The Balaban J connectivity index is 1.56.